The van der Waals surface area contributed by atoms with Crippen molar-refractivity contribution in [3.8, 4) is 0 Å². The molecule has 1 saturated heterocycles. The number of benzene rings is 1. The Morgan fingerprint density at radius 3 is 2.50 bits per heavy atom. The van der Waals surface area contributed by atoms with Crippen LogP contribution in [-0.4, -0.2) is 35.0 Å². The van der Waals surface area contributed by atoms with Crippen molar-refractivity contribution in [3.05, 3.63) is 33.8 Å². The van der Waals surface area contributed by atoms with E-state index in [0.717, 1.165) is 12.0 Å². The Kier molecular flexibility index (Phi) is 4.33. The number of carboxylic acid groups (broad SMARTS) is 1. The molecule has 2 atom stereocenters. The molecule has 0 radical (unpaired) electrons. The zero-order chi connectivity index (χ0) is 15.9. The van der Waals surface area contributed by atoms with Crippen LogP contribution < -0.4 is 0 Å². The molecular weight excluding hydrogens is 325 g/mol. The van der Waals surface area contributed by atoms with Crippen LogP contribution in [0.1, 0.15) is 30.7 Å². The van der Waals surface area contributed by atoms with Gasteiger partial charge in [-0.3, -0.25) is 9.59 Å². The molecule has 3 rings (SSSR count). The highest BCUT2D eigenvalue weighted by Gasteiger charge is 2.47. The quantitative estimate of drug-likeness (QED) is 0.916. The number of aliphatic carboxylic acids is 1. The number of carbonyl (C=O) groups excluding carboxylic acids is 1. The number of hydrogen-bond acceptors (Lipinski definition) is 2. The van der Waals surface area contributed by atoms with Gasteiger partial charge in [-0.05, 0) is 36.8 Å². The van der Waals surface area contributed by atoms with Crippen molar-refractivity contribution in [1.82, 2.24) is 4.90 Å². The van der Waals surface area contributed by atoms with Crippen LogP contribution in [0.2, 0.25) is 10.0 Å². The second kappa shape index (κ2) is 6.09. The zero-order valence-electron chi connectivity index (χ0n) is 12.0. The second-order valence-electron chi connectivity index (χ2n) is 6.03. The van der Waals surface area contributed by atoms with Crippen LogP contribution in [0.3, 0.4) is 0 Å². The molecule has 0 spiro atoms. The minimum absolute atomic E-state index is 0.0441. The molecule has 1 amide bonds. The van der Waals surface area contributed by atoms with Gasteiger partial charge in [0, 0.05) is 19.0 Å². The molecule has 1 heterocycles. The van der Waals surface area contributed by atoms with Crippen LogP contribution in [0.4, 0.5) is 0 Å². The van der Waals surface area contributed by atoms with Crippen molar-refractivity contribution in [1.29, 1.82) is 0 Å². The number of nitrogens with zero attached hydrogens (tertiary/aromatic N) is 1. The Morgan fingerprint density at radius 2 is 1.86 bits per heavy atom. The summed E-state index contributed by atoms with van der Waals surface area (Å²) in [4.78, 5) is 25.3. The highest BCUT2D eigenvalue weighted by atomic mass is 35.5. The topological polar surface area (TPSA) is 57.6 Å². The first-order valence-electron chi connectivity index (χ1n) is 7.44. The minimum atomic E-state index is -0.762. The van der Waals surface area contributed by atoms with E-state index in [-0.39, 0.29) is 23.7 Å². The summed E-state index contributed by atoms with van der Waals surface area (Å²) in [6.45, 7) is 1.06. The number of rotatable bonds is 3. The minimum Gasteiger partial charge on any atom is -0.481 e. The fourth-order valence-electron chi connectivity index (χ4n) is 3.20. The Morgan fingerprint density at radius 1 is 1.18 bits per heavy atom. The van der Waals surface area contributed by atoms with Gasteiger partial charge in [0.15, 0.2) is 0 Å². The third-order valence-corrected chi connectivity index (χ3v) is 5.48. The third-order valence-electron chi connectivity index (χ3n) is 4.64. The highest BCUT2D eigenvalue weighted by molar-refractivity contribution is 6.42. The lowest BCUT2D eigenvalue weighted by atomic mass is 9.96. The maximum atomic E-state index is 12.5. The number of carboxylic acids is 1. The monoisotopic (exact) mass is 341 g/mol. The molecule has 1 aromatic rings. The number of halogens is 2. The predicted molar refractivity (Wildman–Crippen MR) is 84.2 cm³/mol. The molecule has 2 fully saturated rings. The molecule has 1 saturated carbocycles. The lowest BCUT2D eigenvalue weighted by molar-refractivity contribution is -0.146. The summed E-state index contributed by atoms with van der Waals surface area (Å²) in [5.41, 5.74) is 0.938. The summed E-state index contributed by atoms with van der Waals surface area (Å²) < 4.78 is 0. The van der Waals surface area contributed by atoms with Crippen LogP contribution in [0.25, 0.3) is 0 Å². The maximum Gasteiger partial charge on any atom is 0.306 e. The molecule has 118 valence electrons. The van der Waals surface area contributed by atoms with Crippen LogP contribution in [0.5, 0.6) is 0 Å². The maximum absolute atomic E-state index is 12.5. The van der Waals surface area contributed by atoms with Crippen molar-refractivity contribution in [2.24, 2.45) is 11.8 Å². The van der Waals surface area contributed by atoms with Crippen molar-refractivity contribution in [3.63, 3.8) is 0 Å². The average Bonchev–Trinajstić information content (AvgIpc) is 3.30. The average molecular weight is 342 g/mol. The molecule has 22 heavy (non-hydrogen) atoms. The summed E-state index contributed by atoms with van der Waals surface area (Å²) in [7, 11) is 0. The van der Waals surface area contributed by atoms with Crippen molar-refractivity contribution in [2.75, 3.05) is 13.1 Å². The third kappa shape index (κ3) is 2.95. The standard InChI is InChI=1S/C16H17Cl2NO3/c17-13-3-1-2-10(14(13)18)11-8-12(11)15(20)19-6-4-9(5-7-19)16(21)22/h1-3,9,11-12H,4-8H2,(H,21,22)/t11-,12-/m0/s1. The van der Waals surface area contributed by atoms with Crippen LogP contribution in [0.15, 0.2) is 18.2 Å². The smallest absolute Gasteiger partial charge is 0.306 e. The van der Waals surface area contributed by atoms with E-state index < -0.39 is 5.97 Å². The molecule has 0 aromatic heterocycles. The van der Waals surface area contributed by atoms with E-state index in [2.05, 4.69) is 0 Å². The van der Waals surface area contributed by atoms with E-state index in [1.165, 1.54) is 0 Å². The van der Waals surface area contributed by atoms with Gasteiger partial charge >= 0.3 is 5.97 Å². The van der Waals surface area contributed by atoms with Crippen LogP contribution >= 0.6 is 23.2 Å². The molecule has 4 nitrogen and oxygen atoms in total. The first-order valence-corrected chi connectivity index (χ1v) is 8.20. The van der Waals surface area contributed by atoms with Gasteiger partial charge in [-0.1, -0.05) is 35.3 Å². The van der Waals surface area contributed by atoms with E-state index in [9.17, 15) is 9.59 Å². The lowest BCUT2D eigenvalue weighted by Crippen LogP contribution is -2.41. The fraction of sp³-hybridized carbons (Fsp3) is 0.500. The molecule has 0 bridgehead atoms. The fourth-order valence-corrected chi connectivity index (χ4v) is 3.65. The van der Waals surface area contributed by atoms with E-state index >= 15 is 0 Å². The highest BCUT2D eigenvalue weighted by Crippen LogP contribution is 2.51. The molecule has 2 aliphatic rings. The van der Waals surface area contributed by atoms with Crippen molar-refractivity contribution in [2.45, 2.75) is 25.2 Å². The Labute approximate surface area is 139 Å². The molecule has 1 aliphatic carbocycles. The molecule has 1 aromatic carbocycles. The number of carbonyl (C=O) groups is 2. The first-order chi connectivity index (χ1) is 10.5. The molecule has 1 N–H and O–H groups in total. The van der Waals surface area contributed by atoms with Gasteiger partial charge < -0.3 is 10.0 Å². The van der Waals surface area contributed by atoms with Gasteiger partial charge in [0.2, 0.25) is 5.91 Å². The second-order valence-corrected chi connectivity index (χ2v) is 6.81. The molecular formula is C16H17Cl2NO3. The van der Waals surface area contributed by atoms with Gasteiger partial charge in [-0.2, -0.15) is 0 Å². The summed E-state index contributed by atoms with van der Waals surface area (Å²) in [6.07, 6.45) is 1.87. The van der Waals surface area contributed by atoms with E-state index in [1.54, 1.807) is 11.0 Å². The number of likely N-dealkylation sites (tertiary alicyclic amines) is 1. The van der Waals surface area contributed by atoms with Crippen molar-refractivity contribution < 1.29 is 14.7 Å². The van der Waals surface area contributed by atoms with E-state index in [1.807, 2.05) is 12.1 Å². The normalized spacial score (nSPS) is 25.1. The number of hydrogen-bond donors (Lipinski definition) is 1. The first kappa shape index (κ1) is 15.6. The summed E-state index contributed by atoms with van der Waals surface area (Å²) in [5, 5.41) is 10.1. The molecule has 1 aliphatic heterocycles. The Balaban J connectivity index is 1.62. The van der Waals surface area contributed by atoms with Gasteiger partial charge in [0.25, 0.3) is 0 Å². The lowest BCUT2D eigenvalue weighted by Gasteiger charge is -2.30. The Bertz CT molecular complexity index is 611. The SMILES string of the molecule is O=C(O)C1CCN(C(=O)[C@H]2C[C@H]2c2cccc(Cl)c2Cl)CC1. The number of amides is 1. The summed E-state index contributed by atoms with van der Waals surface area (Å²) >= 11 is 12.2. The van der Waals surface area contributed by atoms with Crippen LogP contribution in [0, 0.1) is 11.8 Å². The largest absolute Gasteiger partial charge is 0.481 e. The van der Waals surface area contributed by atoms with Gasteiger partial charge in [-0.25, -0.2) is 0 Å². The van der Waals surface area contributed by atoms with Gasteiger partial charge in [0.05, 0.1) is 16.0 Å². The van der Waals surface area contributed by atoms with Crippen molar-refractivity contribution >= 4 is 35.1 Å². The van der Waals surface area contributed by atoms with Gasteiger partial charge in [0.1, 0.15) is 0 Å². The van der Waals surface area contributed by atoms with E-state index in [0.29, 0.717) is 36.0 Å². The summed E-state index contributed by atoms with van der Waals surface area (Å²) in [5.74, 6) is -0.873. The Hall–Kier alpha value is -1.26. The zero-order valence-corrected chi connectivity index (χ0v) is 13.5. The molecule has 0 unspecified atom stereocenters. The number of piperidine rings is 1. The van der Waals surface area contributed by atoms with Gasteiger partial charge in [-0.15, -0.1) is 0 Å². The predicted octanol–water partition coefficient (Wildman–Crippen LogP) is 3.42. The van der Waals surface area contributed by atoms with E-state index in [4.69, 9.17) is 28.3 Å². The molecule has 6 heteroatoms. The van der Waals surface area contributed by atoms with Crippen LogP contribution in [-0.2, 0) is 9.59 Å². The summed E-state index contributed by atoms with van der Waals surface area (Å²) in [6, 6.07) is 5.51.